The summed E-state index contributed by atoms with van der Waals surface area (Å²) in [6.07, 6.45) is 2.36. The van der Waals surface area contributed by atoms with Crippen LogP contribution >= 0.6 is 12.2 Å². The molecule has 0 bridgehead atoms. The molecule has 0 aromatic heterocycles. The quantitative estimate of drug-likeness (QED) is 0.626. The summed E-state index contributed by atoms with van der Waals surface area (Å²) in [5.41, 5.74) is 2.03. The molecule has 4 nitrogen and oxygen atoms in total. The number of nitrogens with zero attached hydrogens (tertiary/aromatic N) is 2. The average molecular weight is 317 g/mol. The van der Waals surface area contributed by atoms with E-state index in [0.29, 0.717) is 0 Å². The molecular formula is C17H25N4S+. The van der Waals surface area contributed by atoms with Gasteiger partial charge in [-0.3, -0.25) is 0 Å². The lowest BCUT2D eigenvalue weighted by atomic mass is 10.1. The first-order valence-corrected chi connectivity index (χ1v) is 8.49. The lowest BCUT2D eigenvalue weighted by Crippen LogP contribution is -3.13. The number of hydrogen-bond donors (Lipinski definition) is 2. The predicted molar refractivity (Wildman–Crippen MR) is 92.6 cm³/mol. The van der Waals surface area contributed by atoms with Crippen LogP contribution in [0.2, 0.25) is 0 Å². The molecule has 1 aromatic carbocycles. The van der Waals surface area contributed by atoms with Crippen molar-refractivity contribution in [2.75, 3.05) is 32.7 Å². The standard InChI is InChI=1S/C17H24N4S/c1-2-3-8-19-17(22)21-11-9-20(10-12-21)14-16-6-4-15(13-18)5-7-16/h4-7H,2-3,8-12,14H2,1H3,(H,19,22)/p+1. The Labute approximate surface area is 138 Å². The summed E-state index contributed by atoms with van der Waals surface area (Å²) in [7, 11) is 0. The predicted octanol–water partition coefficient (Wildman–Crippen LogP) is 0.933. The van der Waals surface area contributed by atoms with Gasteiger partial charge < -0.3 is 15.1 Å². The molecule has 2 N–H and O–H groups in total. The van der Waals surface area contributed by atoms with Crippen molar-refractivity contribution in [3.63, 3.8) is 0 Å². The van der Waals surface area contributed by atoms with E-state index >= 15 is 0 Å². The Balaban J connectivity index is 1.74. The molecule has 1 saturated heterocycles. The van der Waals surface area contributed by atoms with Crippen molar-refractivity contribution in [1.29, 1.82) is 5.26 Å². The molecule has 0 saturated carbocycles. The van der Waals surface area contributed by atoms with E-state index in [4.69, 9.17) is 17.5 Å². The van der Waals surface area contributed by atoms with Gasteiger partial charge in [0.2, 0.25) is 0 Å². The van der Waals surface area contributed by atoms with Crippen LogP contribution in [0.15, 0.2) is 24.3 Å². The van der Waals surface area contributed by atoms with Crippen molar-refractivity contribution < 1.29 is 4.90 Å². The zero-order valence-corrected chi connectivity index (χ0v) is 14.1. The number of hydrogen-bond acceptors (Lipinski definition) is 2. The van der Waals surface area contributed by atoms with Crippen LogP contribution in [-0.4, -0.2) is 42.7 Å². The minimum Gasteiger partial charge on any atom is -0.363 e. The van der Waals surface area contributed by atoms with Crippen molar-refractivity contribution in [1.82, 2.24) is 10.2 Å². The number of piperazine rings is 1. The highest BCUT2D eigenvalue weighted by Crippen LogP contribution is 2.02. The lowest BCUT2D eigenvalue weighted by molar-refractivity contribution is -0.917. The molecule has 0 atom stereocenters. The number of nitrogens with one attached hydrogen (secondary N) is 2. The molecule has 0 amide bonds. The molecule has 1 aliphatic heterocycles. The first kappa shape index (κ1) is 16.7. The van der Waals surface area contributed by atoms with Crippen LogP contribution in [-0.2, 0) is 6.54 Å². The lowest BCUT2D eigenvalue weighted by Gasteiger charge is -2.34. The highest BCUT2D eigenvalue weighted by Gasteiger charge is 2.21. The fourth-order valence-electron chi connectivity index (χ4n) is 2.67. The van der Waals surface area contributed by atoms with Crippen LogP contribution < -0.4 is 10.2 Å². The molecule has 1 fully saturated rings. The third kappa shape index (κ3) is 4.97. The highest BCUT2D eigenvalue weighted by molar-refractivity contribution is 7.80. The summed E-state index contributed by atoms with van der Waals surface area (Å²) >= 11 is 5.46. The molecule has 0 radical (unpaired) electrons. The maximum absolute atomic E-state index is 8.83. The van der Waals surface area contributed by atoms with Crippen LogP contribution in [0.4, 0.5) is 0 Å². The second kappa shape index (κ2) is 8.72. The van der Waals surface area contributed by atoms with Gasteiger partial charge >= 0.3 is 0 Å². The van der Waals surface area contributed by atoms with Gasteiger partial charge in [-0.05, 0) is 30.8 Å². The minimum atomic E-state index is 0.729. The van der Waals surface area contributed by atoms with Gasteiger partial charge in [0.05, 0.1) is 37.8 Å². The van der Waals surface area contributed by atoms with Gasteiger partial charge in [0, 0.05) is 12.1 Å². The van der Waals surface area contributed by atoms with Crippen molar-refractivity contribution in [3.8, 4) is 6.07 Å². The molecule has 5 heteroatoms. The third-order valence-electron chi connectivity index (χ3n) is 4.10. The highest BCUT2D eigenvalue weighted by atomic mass is 32.1. The van der Waals surface area contributed by atoms with E-state index in [0.717, 1.165) is 49.9 Å². The monoisotopic (exact) mass is 317 g/mol. The Hall–Kier alpha value is -1.64. The van der Waals surface area contributed by atoms with Gasteiger partial charge in [0.1, 0.15) is 6.54 Å². The fraction of sp³-hybridized carbons (Fsp3) is 0.529. The Bertz CT molecular complexity index is 512. The average Bonchev–Trinajstić information content (AvgIpc) is 2.56. The minimum absolute atomic E-state index is 0.729. The van der Waals surface area contributed by atoms with Crippen molar-refractivity contribution >= 4 is 17.3 Å². The number of nitriles is 1. The molecular weight excluding hydrogens is 292 g/mol. The van der Waals surface area contributed by atoms with Gasteiger partial charge in [-0.2, -0.15) is 5.26 Å². The Morgan fingerprint density at radius 1 is 1.32 bits per heavy atom. The van der Waals surface area contributed by atoms with E-state index in [9.17, 15) is 0 Å². The molecule has 1 aliphatic rings. The Kier molecular flexibility index (Phi) is 6.63. The SMILES string of the molecule is CCCCNC(=S)N1CC[NH+](Cc2ccc(C#N)cc2)CC1. The summed E-state index contributed by atoms with van der Waals surface area (Å²) in [5.74, 6) is 0. The Morgan fingerprint density at radius 3 is 2.59 bits per heavy atom. The summed E-state index contributed by atoms with van der Waals surface area (Å²) in [4.78, 5) is 3.87. The van der Waals surface area contributed by atoms with Crippen molar-refractivity contribution in [2.45, 2.75) is 26.3 Å². The molecule has 1 heterocycles. The van der Waals surface area contributed by atoms with Crippen molar-refractivity contribution in [3.05, 3.63) is 35.4 Å². The van der Waals surface area contributed by atoms with E-state index in [1.807, 2.05) is 12.1 Å². The molecule has 1 aromatic rings. The summed E-state index contributed by atoms with van der Waals surface area (Å²) in [6, 6.07) is 10.1. The molecule has 0 aliphatic carbocycles. The van der Waals surface area contributed by atoms with Gasteiger partial charge in [-0.15, -0.1) is 0 Å². The second-order valence-electron chi connectivity index (χ2n) is 5.81. The second-order valence-corrected chi connectivity index (χ2v) is 6.19. The summed E-state index contributed by atoms with van der Waals surface area (Å²) < 4.78 is 0. The smallest absolute Gasteiger partial charge is 0.169 e. The van der Waals surface area contributed by atoms with E-state index in [1.54, 1.807) is 4.90 Å². The van der Waals surface area contributed by atoms with E-state index in [1.165, 1.54) is 18.4 Å². The van der Waals surface area contributed by atoms with E-state index < -0.39 is 0 Å². The molecule has 0 spiro atoms. The zero-order chi connectivity index (χ0) is 15.8. The van der Waals surface area contributed by atoms with Gasteiger partial charge in [-0.1, -0.05) is 25.5 Å². The maximum Gasteiger partial charge on any atom is 0.169 e. The topological polar surface area (TPSA) is 43.5 Å². The van der Waals surface area contributed by atoms with Crippen LogP contribution in [0.25, 0.3) is 0 Å². The van der Waals surface area contributed by atoms with Gasteiger partial charge in [0.15, 0.2) is 5.11 Å². The summed E-state index contributed by atoms with van der Waals surface area (Å²) in [5, 5.41) is 13.1. The van der Waals surface area contributed by atoms with Crippen LogP contribution in [0.5, 0.6) is 0 Å². The largest absolute Gasteiger partial charge is 0.363 e. The molecule has 2 rings (SSSR count). The molecule has 118 valence electrons. The number of thiocarbonyl (C=S) groups is 1. The Morgan fingerprint density at radius 2 is 2.00 bits per heavy atom. The van der Waals surface area contributed by atoms with Crippen molar-refractivity contribution in [2.24, 2.45) is 0 Å². The van der Waals surface area contributed by atoms with Gasteiger partial charge in [0.25, 0.3) is 0 Å². The van der Waals surface area contributed by atoms with E-state index in [-0.39, 0.29) is 0 Å². The number of benzene rings is 1. The number of quaternary nitrogens is 1. The van der Waals surface area contributed by atoms with Crippen LogP contribution in [0.1, 0.15) is 30.9 Å². The normalized spacial score (nSPS) is 15.4. The van der Waals surface area contributed by atoms with Crippen LogP contribution in [0, 0.1) is 11.3 Å². The molecule has 22 heavy (non-hydrogen) atoms. The maximum atomic E-state index is 8.83. The number of unbranched alkanes of at least 4 members (excludes halogenated alkanes) is 1. The third-order valence-corrected chi connectivity index (χ3v) is 4.50. The first-order chi connectivity index (χ1) is 10.7. The number of rotatable bonds is 5. The fourth-order valence-corrected chi connectivity index (χ4v) is 2.96. The van der Waals surface area contributed by atoms with Crippen LogP contribution in [0.3, 0.4) is 0 Å². The zero-order valence-electron chi connectivity index (χ0n) is 13.3. The van der Waals surface area contributed by atoms with Gasteiger partial charge in [-0.25, -0.2) is 0 Å². The molecule has 0 unspecified atom stereocenters. The first-order valence-electron chi connectivity index (χ1n) is 8.08. The van der Waals surface area contributed by atoms with E-state index in [2.05, 4.69) is 35.3 Å². The summed E-state index contributed by atoms with van der Waals surface area (Å²) in [6.45, 7) is 8.44.